The molecule has 6 nitrogen and oxygen atoms in total. The van der Waals surface area contributed by atoms with E-state index >= 15 is 0 Å². The summed E-state index contributed by atoms with van der Waals surface area (Å²) < 4.78 is 5.00. The molecule has 1 aromatic heterocycles. The van der Waals surface area contributed by atoms with Crippen LogP contribution < -0.4 is 10.2 Å². The lowest BCUT2D eigenvalue weighted by molar-refractivity contribution is -0.175. The normalized spacial score (nSPS) is 20.2. The van der Waals surface area contributed by atoms with Gasteiger partial charge in [-0.25, -0.2) is 4.79 Å². The standard InChI is InChI=1S/C17H18N2O4S/c20-15-17(22,9-11-19(15)13-5-2-1-3-6-13)23-16(21)18-10-8-14-7-4-12-24-14/h1-7,12,22H,8-11H2,(H,18,21). The van der Waals surface area contributed by atoms with Gasteiger partial charge in [0.25, 0.3) is 11.7 Å². The van der Waals surface area contributed by atoms with Crippen molar-refractivity contribution in [3.05, 3.63) is 52.7 Å². The van der Waals surface area contributed by atoms with Gasteiger partial charge in [-0.1, -0.05) is 24.3 Å². The second-order valence-corrected chi connectivity index (χ2v) is 6.50. The second kappa shape index (κ2) is 7.02. The van der Waals surface area contributed by atoms with Gasteiger partial charge in [0, 0.05) is 30.1 Å². The predicted molar refractivity (Wildman–Crippen MR) is 90.9 cm³/mol. The maximum atomic E-state index is 12.4. The van der Waals surface area contributed by atoms with E-state index in [1.54, 1.807) is 35.6 Å². The first-order valence-electron chi connectivity index (χ1n) is 7.67. The maximum Gasteiger partial charge on any atom is 0.410 e. The van der Waals surface area contributed by atoms with E-state index in [1.165, 1.54) is 4.90 Å². The third kappa shape index (κ3) is 3.58. The Bertz CT molecular complexity index is 705. The van der Waals surface area contributed by atoms with Crippen molar-refractivity contribution in [3.63, 3.8) is 0 Å². The van der Waals surface area contributed by atoms with Gasteiger partial charge in [-0.05, 0) is 30.0 Å². The number of amides is 2. The predicted octanol–water partition coefficient (Wildman–Crippen LogP) is 2.14. The lowest BCUT2D eigenvalue weighted by Gasteiger charge is -2.22. The molecule has 1 saturated heterocycles. The van der Waals surface area contributed by atoms with Crippen LogP contribution >= 0.6 is 11.3 Å². The van der Waals surface area contributed by atoms with Crippen molar-refractivity contribution in [1.29, 1.82) is 0 Å². The highest BCUT2D eigenvalue weighted by atomic mass is 32.1. The first-order chi connectivity index (χ1) is 11.6. The van der Waals surface area contributed by atoms with Crippen LogP contribution in [0.25, 0.3) is 0 Å². The molecule has 1 aliphatic heterocycles. The molecule has 1 unspecified atom stereocenters. The first kappa shape index (κ1) is 16.5. The molecule has 2 amide bonds. The van der Waals surface area contributed by atoms with Crippen molar-refractivity contribution in [1.82, 2.24) is 5.32 Å². The average Bonchev–Trinajstić information content (AvgIpc) is 3.18. The minimum Gasteiger partial charge on any atom is -0.407 e. The van der Waals surface area contributed by atoms with Crippen LogP contribution in [0.4, 0.5) is 10.5 Å². The smallest absolute Gasteiger partial charge is 0.407 e. The monoisotopic (exact) mass is 346 g/mol. The van der Waals surface area contributed by atoms with E-state index in [4.69, 9.17) is 4.74 Å². The summed E-state index contributed by atoms with van der Waals surface area (Å²) in [5.41, 5.74) is 0.667. The first-order valence-corrected chi connectivity index (χ1v) is 8.55. The van der Waals surface area contributed by atoms with Crippen LogP contribution in [0.1, 0.15) is 11.3 Å². The summed E-state index contributed by atoms with van der Waals surface area (Å²) in [6.07, 6.45) is -0.0775. The molecular weight excluding hydrogens is 328 g/mol. The third-order valence-electron chi connectivity index (χ3n) is 3.80. The topological polar surface area (TPSA) is 78.9 Å². The van der Waals surface area contributed by atoms with Crippen LogP contribution in [0.5, 0.6) is 0 Å². The van der Waals surface area contributed by atoms with Crippen molar-refractivity contribution in [2.24, 2.45) is 0 Å². The average molecular weight is 346 g/mol. The Morgan fingerprint density at radius 3 is 2.79 bits per heavy atom. The fourth-order valence-corrected chi connectivity index (χ4v) is 3.27. The summed E-state index contributed by atoms with van der Waals surface area (Å²) in [6.45, 7) is 0.674. The van der Waals surface area contributed by atoms with E-state index in [2.05, 4.69) is 5.32 Å². The van der Waals surface area contributed by atoms with Crippen molar-refractivity contribution in [2.75, 3.05) is 18.0 Å². The Labute approximate surface area is 143 Å². The minimum absolute atomic E-state index is 0.0407. The van der Waals surface area contributed by atoms with Gasteiger partial charge in [-0.15, -0.1) is 11.3 Å². The molecule has 2 N–H and O–H groups in total. The molecule has 1 aliphatic rings. The molecule has 1 atom stereocenters. The molecule has 24 heavy (non-hydrogen) atoms. The van der Waals surface area contributed by atoms with E-state index in [0.29, 0.717) is 25.2 Å². The van der Waals surface area contributed by atoms with Gasteiger partial charge < -0.3 is 20.1 Å². The number of anilines is 1. The fraction of sp³-hybridized carbons (Fsp3) is 0.294. The van der Waals surface area contributed by atoms with Crippen LogP contribution in [-0.4, -0.2) is 36.0 Å². The van der Waals surface area contributed by atoms with Crippen molar-refractivity contribution in [2.45, 2.75) is 18.6 Å². The number of ether oxygens (including phenoxy) is 1. The van der Waals surface area contributed by atoms with Gasteiger partial charge >= 0.3 is 6.09 Å². The third-order valence-corrected chi connectivity index (χ3v) is 4.74. The summed E-state index contributed by atoms with van der Waals surface area (Å²) in [5, 5.41) is 14.9. The van der Waals surface area contributed by atoms with Crippen LogP contribution in [0, 0.1) is 0 Å². The van der Waals surface area contributed by atoms with Gasteiger partial charge in [0.15, 0.2) is 0 Å². The zero-order chi connectivity index (χ0) is 17.0. The molecule has 0 saturated carbocycles. The zero-order valence-electron chi connectivity index (χ0n) is 13.0. The molecule has 0 radical (unpaired) electrons. The maximum absolute atomic E-state index is 12.4. The number of hydrogen-bond donors (Lipinski definition) is 2. The highest BCUT2D eigenvalue weighted by Gasteiger charge is 2.49. The van der Waals surface area contributed by atoms with Crippen LogP contribution in [0.3, 0.4) is 0 Å². The van der Waals surface area contributed by atoms with E-state index in [9.17, 15) is 14.7 Å². The number of carbonyl (C=O) groups excluding carboxylic acids is 2. The Balaban J connectivity index is 1.54. The summed E-state index contributed by atoms with van der Waals surface area (Å²) in [6, 6.07) is 12.9. The number of thiophene rings is 1. The molecule has 7 heteroatoms. The van der Waals surface area contributed by atoms with Gasteiger partial charge in [0.1, 0.15) is 0 Å². The molecule has 2 aromatic rings. The Morgan fingerprint density at radius 1 is 1.29 bits per heavy atom. The lowest BCUT2D eigenvalue weighted by Crippen LogP contribution is -2.46. The number of aliphatic hydroxyl groups is 1. The molecule has 0 spiro atoms. The van der Waals surface area contributed by atoms with Gasteiger partial charge in [0.05, 0.1) is 0 Å². The molecule has 0 bridgehead atoms. The number of hydrogen-bond acceptors (Lipinski definition) is 5. The molecule has 1 fully saturated rings. The molecule has 1 aromatic carbocycles. The number of benzene rings is 1. The number of alkyl carbamates (subject to hydrolysis) is 1. The van der Waals surface area contributed by atoms with Gasteiger partial charge in [-0.2, -0.15) is 0 Å². The van der Waals surface area contributed by atoms with E-state index < -0.39 is 17.8 Å². The van der Waals surface area contributed by atoms with Crippen LogP contribution in [-0.2, 0) is 16.0 Å². The highest BCUT2D eigenvalue weighted by molar-refractivity contribution is 7.09. The van der Waals surface area contributed by atoms with Gasteiger partial charge in [0.2, 0.25) is 0 Å². The zero-order valence-corrected chi connectivity index (χ0v) is 13.8. The summed E-state index contributed by atoms with van der Waals surface area (Å²) >= 11 is 1.60. The number of nitrogens with zero attached hydrogens (tertiary/aromatic N) is 1. The number of carbonyl (C=O) groups is 2. The quantitative estimate of drug-likeness (QED) is 0.813. The van der Waals surface area contributed by atoms with Crippen molar-refractivity contribution in [3.8, 4) is 0 Å². The van der Waals surface area contributed by atoms with E-state index in [-0.39, 0.29) is 6.42 Å². The summed E-state index contributed by atoms with van der Waals surface area (Å²) in [5.74, 6) is -2.73. The summed E-state index contributed by atoms with van der Waals surface area (Å²) in [4.78, 5) is 26.8. The Hall–Kier alpha value is -2.38. The van der Waals surface area contributed by atoms with E-state index in [1.807, 2.05) is 23.6 Å². The second-order valence-electron chi connectivity index (χ2n) is 5.47. The van der Waals surface area contributed by atoms with Crippen LogP contribution in [0.15, 0.2) is 47.8 Å². The van der Waals surface area contributed by atoms with Gasteiger partial charge in [-0.3, -0.25) is 4.79 Å². The SMILES string of the molecule is O=C(NCCc1cccs1)OC1(O)CCN(c2ccccc2)C1=O. The molecule has 126 valence electrons. The molecular formula is C17H18N2O4S. The van der Waals surface area contributed by atoms with Crippen molar-refractivity contribution < 1.29 is 19.4 Å². The number of nitrogens with one attached hydrogen (secondary N) is 1. The largest absolute Gasteiger partial charge is 0.410 e. The van der Waals surface area contributed by atoms with Crippen LogP contribution in [0.2, 0.25) is 0 Å². The fourth-order valence-electron chi connectivity index (χ4n) is 2.56. The Morgan fingerprint density at radius 2 is 2.08 bits per heavy atom. The van der Waals surface area contributed by atoms with Crippen molar-refractivity contribution >= 4 is 29.0 Å². The molecule has 2 heterocycles. The van der Waals surface area contributed by atoms with E-state index in [0.717, 1.165) is 4.88 Å². The number of rotatable bonds is 5. The Kier molecular flexibility index (Phi) is 4.82. The summed E-state index contributed by atoms with van der Waals surface area (Å²) in [7, 11) is 0. The number of para-hydroxylation sites is 1. The molecule has 3 rings (SSSR count). The minimum atomic E-state index is -2.11. The molecule has 0 aliphatic carbocycles. The lowest BCUT2D eigenvalue weighted by atomic mass is 10.2. The highest BCUT2D eigenvalue weighted by Crippen LogP contribution is 2.29.